The first-order chi connectivity index (χ1) is 15.3. The van der Waals surface area contributed by atoms with Crippen molar-refractivity contribution >= 4 is 29.6 Å². The summed E-state index contributed by atoms with van der Waals surface area (Å²) in [5.74, 6) is 0.266. The van der Waals surface area contributed by atoms with Gasteiger partial charge in [0.1, 0.15) is 5.65 Å². The number of hydrogen-bond donors (Lipinski definition) is 1. The number of hydrogen-bond acceptors (Lipinski definition) is 3. The molecule has 5 rings (SSSR count). The molecule has 0 aliphatic heterocycles. The number of nitrogens with zero attached hydrogens (tertiary/aromatic N) is 3. The Morgan fingerprint density at radius 1 is 1.06 bits per heavy atom. The van der Waals surface area contributed by atoms with E-state index in [2.05, 4.69) is 10.3 Å². The van der Waals surface area contributed by atoms with Crippen LogP contribution in [-0.4, -0.2) is 20.3 Å². The number of imidazole rings is 1. The minimum Gasteiger partial charge on any atom is -0.321 e. The number of halogens is 4. The van der Waals surface area contributed by atoms with Crippen molar-refractivity contribution in [2.75, 3.05) is 5.32 Å². The third-order valence-electron chi connectivity index (χ3n) is 5.65. The third-order valence-corrected chi connectivity index (χ3v) is 5.65. The molecule has 1 N–H and O–H groups in total. The average molecular weight is 473 g/mol. The van der Waals surface area contributed by atoms with Crippen LogP contribution in [0.2, 0.25) is 0 Å². The molecule has 3 aromatic heterocycles. The van der Waals surface area contributed by atoms with E-state index >= 15 is 0 Å². The molecule has 9 heteroatoms. The normalized spacial score (nSPS) is 13.6. The van der Waals surface area contributed by atoms with Crippen molar-refractivity contribution in [3.63, 3.8) is 0 Å². The zero-order chi connectivity index (χ0) is 22.5. The van der Waals surface area contributed by atoms with Gasteiger partial charge in [0.25, 0.3) is 5.91 Å². The molecule has 170 valence electrons. The number of benzene rings is 1. The number of amides is 1. The summed E-state index contributed by atoms with van der Waals surface area (Å²) in [5, 5.41) is 2.89. The van der Waals surface area contributed by atoms with Gasteiger partial charge in [-0.05, 0) is 56.2 Å². The van der Waals surface area contributed by atoms with Gasteiger partial charge in [0, 0.05) is 35.1 Å². The van der Waals surface area contributed by atoms with E-state index < -0.39 is 11.7 Å². The zero-order valence-electron chi connectivity index (χ0n) is 17.6. The Morgan fingerprint density at radius 3 is 2.39 bits per heavy atom. The van der Waals surface area contributed by atoms with E-state index in [1.165, 1.54) is 18.9 Å². The number of aromatic nitrogens is 3. The van der Waals surface area contributed by atoms with Crippen LogP contribution < -0.4 is 5.32 Å². The number of aryl methyl sites for hydroxylation is 1. The minimum atomic E-state index is -4.43. The number of alkyl halides is 3. The van der Waals surface area contributed by atoms with Crippen molar-refractivity contribution in [2.24, 2.45) is 0 Å². The second kappa shape index (κ2) is 8.51. The number of anilines is 1. The van der Waals surface area contributed by atoms with Crippen LogP contribution in [0.15, 0.2) is 60.9 Å². The lowest BCUT2D eigenvalue weighted by atomic mass is 10.1. The highest BCUT2D eigenvalue weighted by atomic mass is 35.5. The van der Waals surface area contributed by atoms with E-state index in [4.69, 9.17) is 4.98 Å². The van der Waals surface area contributed by atoms with Gasteiger partial charge in [-0.2, -0.15) is 13.2 Å². The van der Waals surface area contributed by atoms with Crippen LogP contribution in [0.5, 0.6) is 0 Å². The third kappa shape index (κ3) is 4.57. The van der Waals surface area contributed by atoms with Crippen LogP contribution in [-0.2, 0) is 6.18 Å². The predicted molar refractivity (Wildman–Crippen MR) is 122 cm³/mol. The Morgan fingerprint density at radius 2 is 1.79 bits per heavy atom. The Labute approximate surface area is 194 Å². The molecule has 0 spiro atoms. The summed E-state index contributed by atoms with van der Waals surface area (Å²) in [6.07, 6.45) is 0.588. The SMILES string of the molecule is Cc1c(C2CC2)nc2ccc(NC(=O)c3ccc(-c4ccc(C(F)(F)F)cn4)cc3)cn12.Cl. The smallest absolute Gasteiger partial charge is 0.321 e. The second-order valence-corrected chi connectivity index (χ2v) is 7.96. The van der Waals surface area contributed by atoms with E-state index in [0.717, 1.165) is 29.3 Å². The van der Waals surface area contributed by atoms with Gasteiger partial charge in [-0.15, -0.1) is 12.4 Å². The molecule has 33 heavy (non-hydrogen) atoms. The van der Waals surface area contributed by atoms with Crippen molar-refractivity contribution < 1.29 is 18.0 Å². The number of nitrogens with one attached hydrogen (secondary N) is 1. The highest BCUT2D eigenvalue weighted by Gasteiger charge is 2.31. The second-order valence-electron chi connectivity index (χ2n) is 7.96. The number of carbonyl (C=O) groups is 1. The molecular weight excluding hydrogens is 453 g/mol. The summed E-state index contributed by atoms with van der Waals surface area (Å²) in [6, 6.07) is 12.6. The molecule has 1 aromatic carbocycles. The van der Waals surface area contributed by atoms with Crippen molar-refractivity contribution in [1.82, 2.24) is 14.4 Å². The van der Waals surface area contributed by atoms with Gasteiger partial charge in [-0.1, -0.05) is 12.1 Å². The van der Waals surface area contributed by atoms with Crippen LogP contribution in [0.25, 0.3) is 16.9 Å². The standard InChI is InChI=1S/C24H19F3N4O.ClH/c1-14-22(16-4-5-16)30-21-11-9-19(13-31(14)21)29-23(32)17-6-2-15(3-7-17)20-10-8-18(12-28-20)24(25,26)27;/h2-3,6-13,16H,4-5H2,1H3,(H,29,32);1H. The molecule has 0 atom stereocenters. The fourth-order valence-corrected chi connectivity index (χ4v) is 3.73. The minimum absolute atomic E-state index is 0. The molecule has 0 radical (unpaired) electrons. The fraction of sp³-hybridized carbons (Fsp3) is 0.208. The van der Waals surface area contributed by atoms with Crippen LogP contribution in [0.3, 0.4) is 0 Å². The highest BCUT2D eigenvalue weighted by molar-refractivity contribution is 6.04. The van der Waals surface area contributed by atoms with Gasteiger partial charge in [-0.25, -0.2) is 4.98 Å². The van der Waals surface area contributed by atoms with Crippen LogP contribution in [0.4, 0.5) is 18.9 Å². The van der Waals surface area contributed by atoms with Crippen LogP contribution in [0, 0.1) is 6.92 Å². The van der Waals surface area contributed by atoms with E-state index in [0.29, 0.717) is 28.4 Å². The Hall–Kier alpha value is -3.39. The predicted octanol–water partition coefficient (Wildman–Crippen LogP) is 6.28. The van der Waals surface area contributed by atoms with Crippen molar-refractivity contribution in [2.45, 2.75) is 31.9 Å². The Balaban J connectivity index is 0.00000259. The lowest BCUT2D eigenvalue weighted by Gasteiger charge is -2.09. The van der Waals surface area contributed by atoms with E-state index in [1.54, 1.807) is 24.3 Å². The molecule has 5 nitrogen and oxygen atoms in total. The quantitative estimate of drug-likeness (QED) is 0.380. The lowest BCUT2D eigenvalue weighted by molar-refractivity contribution is -0.137. The first kappa shape index (κ1) is 22.8. The molecule has 0 unspecified atom stereocenters. The van der Waals surface area contributed by atoms with Gasteiger partial charge < -0.3 is 9.72 Å². The number of fused-ring (bicyclic) bond motifs is 1. The maximum absolute atomic E-state index is 12.7. The molecule has 0 bridgehead atoms. The Kier molecular flexibility index (Phi) is 5.88. The van der Waals surface area contributed by atoms with Crippen LogP contribution >= 0.6 is 12.4 Å². The fourth-order valence-electron chi connectivity index (χ4n) is 3.73. The van der Waals surface area contributed by atoms with Gasteiger partial charge in [0.15, 0.2) is 0 Å². The Bertz CT molecular complexity index is 1310. The summed E-state index contributed by atoms with van der Waals surface area (Å²) in [5.41, 5.74) is 4.38. The first-order valence-corrected chi connectivity index (χ1v) is 10.2. The molecule has 1 fully saturated rings. The average Bonchev–Trinajstić information content (AvgIpc) is 3.57. The van der Waals surface area contributed by atoms with E-state index in [1.807, 2.05) is 29.7 Å². The molecule has 0 saturated heterocycles. The van der Waals surface area contributed by atoms with Gasteiger partial charge in [-0.3, -0.25) is 9.78 Å². The molecule has 1 aliphatic carbocycles. The largest absolute Gasteiger partial charge is 0.417 e. The lowest BCUT2D eigenvalue weighted by Crippen LogP contribution is -2.12. The molecular formula is C24H20ClF3N4O. The molecule has 1 saturated carbocycles. The molecule has 1 aliphatic rings. The van der Waals surface area contributed by atoms with Crippen LogP contribution in [0.1, 0.15) is 46.1 Å². The van der Waals surface area contributed by atoms with Crippen molar-refractivity contribution in [3.05, 3.63) is 83.4 Å². The summed E-state index contributed by atoms with van der Waals surface area (Å²) < 4.78 is 40.1. The van der Waals surface area contributed by atoms with Crippen molar-refractivity contribution in [1.29, 1.82) is 0 Å². The number of rotatable bonds is 4. The van der Waals surface area contributed by atoms with Gasteiger partial charge in [0.05, 0.1) is 22.6 Å². The molecule has 1 amide bonds. The summed E-state index contributed by atoms with van der Waals surface area (Å²) in [6.45, 7) is 2.03. The summed E-state index contributed by atoms with van der Waals surface area (Å²) in [4.78, 5) is 21.3. The van der Waals surface area contributed by atoms with Gasteiger partial charge in [0.2, 0.25) is 0 Å². The molecule has 4 aromatic rings. The maximum Gasteiger partial charge on any atom is 0.417 e. The maximum atomic E-state index is 12.7. The first-order valence-electron chi connectivity index (χ1n) is 10.2. The van der Waals surface area contributed by atoms with Gasteiger partial charge >= 0.3 is 6.18 Å². The summed E-state index contributed by atoms with van der Waals surface area (Å²) in [7, 11) is 0. The molecule has 3 heterocycles. The number of carbonyl (C=O) groups excluding carboxylic acids is 1. The van der Waals surface area contributed by atoms with Crippen molar-refractivity contribution in [3.8, 4) is 11.3 Å². The zero-order valence-corrected chi connectivity index (χ0v) is 18.4. The number of pyridine rings is 2. The summed E-state index contributed by atoms with van der Waals surface area (Å²) >= 11 is 0. The topological polar surface area (TPSA) is 59.3 Å². The van der Waals surface area contributed by atoms with E-state index in [9.17, 15) is 18.0 Å². The highest BCUT2D eigenvalue weighted by Crippen LogP contribution is 2.41. The van der Waals surface area contributed by atoms with E-state index in [-0.39, 0.29) is 18.3 Å². The monoisotopic (exact) mass is 472 g/mol.